The van der Waals surface area contributed by atoms with Crippen molar-refractivity contribution < 1.29 is 27.5 Å². The molecule has 1 saturated heterocycles. The van der Waals surface area contributed by atoms with Crippen molar-refractivity contribution in [3.8, 4) is 22.8 Å². The van der Waals surface area contributed by atoms with Gasteiger partial charge in [0.15, 0.2) is 11.0 Å². The number of anilines is 1. The number of alkyl halides is 3. The third kappa shape index (κ3) is 7.03. The monoisotopic (exact) mass is 634 g/mol. The van der Waals surface area contributed by atoms with E-state index in [1.165, 1.54) is 47.0 Å². The maximum absolute atomic E-state index is 12.9. The van der Waals surface area contributed by atoms with E-state index in [1.807, 2.05) is 49.4 Å². The van der Waals surface area contributed by atoms with Gasteiger partial charge >= 0.3 is 12.4 Å². The smallest absolute Gasteiger partial charge is 0.406 e. The van der Waals surface area contributed by atoms with Crippen LogP contribution in [0, 0.1) is 6.92 Å². The number of hydrogen-bond acceptors (Lipinski definition) is 6. The molecule has 0 spiro atoms. The van der Waals surface area contributed by atoms with E-state index in [9.17, 15) is 22.8 Å². The van der Waals surface area contributed by atoms with E-state index >= 15 is 0 Å². The van der Waals surface area contributed by atoms with Crippen LogP contribution in [-0.2, 0) is 11.2 Å². The Balaban J connectivity index is 1.08. The molecular weight excluding hydrogens is 605 g/mol. The van der Waals surface area contributed by atoms with Crippen molar-refractivity contribution in [1.29, 1.82) is 0 Å². The summed E-state index contributed by atoms with van der Waals surface area (Å²) in [5.74, 6) is 0.416. The van der Waals surface area contributed by atoms with E-state index in [4.69, 9.17) is 0 Å². The molecule has 13 heteroatoms. The number of nitrogens with zero attached hydrogens (tertiary/aromatic N) is 5. The summed E-state index contributed by atoms with van der Waals surface area (Å²) in [6, 6.07) is 18.5. The van der Waals surface area contributed by atoms with E-state index in [-0.39, 0.29) is 29.4 Å². The third-order valence-electron chi connectivity index (χ3n) is 7.49. The van der Waals surface area contributed by atoms with Crippen molar-refractivity contribution in [3.05, 3.63) is 89.7 Å². The van der Waals surface area contributed by atoms with Gasteiger partial charge in [-0.2, -0.15) is 4.99 Å². The van der Waals surface area contributed by atoms with Crippen LogP contribution in [-0.4, -0.2) is 50.0 Å². The number of aromatic nitrogens is 3. The van der Waals surface area contributed by atoms with Gasteiger partial charge < -0.3 is 10.1 Å². The molecule has 2 atom stereocenters. The first kappa shape index (κ1) is 30.4. The Morgan fingerprint density at radius 3 is 2.58 bits per heavy atom. The quantitative estimate of drug-likeness (QED) is 0.229. The average Bonchev–Trinajstić information content (AvgIpc) is 3.40. The van der Waals surface area contributed by atoms with Crippen LogP contribution in [0.4, 0.5) is 23.7 Å². The maximum Gasteiger partial charge on any atom is 0.573 e. The number of amidine groups is 1. The number of hydrogen-bond donors (Lipinski definition) is 1. The Kier molecular flexibility index (Phi) is 8.36. The predicted octanol–water partition coefficient (Wildman–Crippen LogP) is 6.80. The van der Waals surface area contributed by atoms with Crippen LogP contribution in [0.25, 0.3) is 17.1 Å². The zero-order valence-electron chi connectivity index (χ0n) is 24.4. The lowest BCUT2D eigenvalue weighted by Crippen LogP contribution is -2.32. The van der Waals surface area contributed by atoms with Crippen LogP contribution >= 0.6 is 11.8 Å². The minimum atomic E-state index is -4.76. The van der Waals surface area contributed by atoms with E-state index in [2.05, 4.69) is 32.1 Å². The Morgan fingerprint density at radius 2 is 1.87 bits per heavy atom. The molecule has 232 valence electrons. The highest BCUT2D eigenvalue weighted by Gasteiger charge is 2.40. The Labute approximate surface area is 261 Å². The minimum absolute atomic E-state index is 0.0699. The van der Waals surface area contributed by atoms with Gasteiger partial charge in [-0.1, -0.05) is 61.5 Å². The molecule has 4 aromatic rings. The highest BCUT2D eigenvalue weighted by molar-refractivity contribution is 8.15. The normalized spacial score (nSPS) is 18.8. The van der Waals surface area contributed by atoms with E-state index in [0.29, 0.717) is 16.7 Å². The molecule has 45 heavy (non-hydrogen) atoms. The molecule has 2 aliphatic rings. The molecule has 0 radical (unpaired) electrons. The lowest BCUT2D eigenvalue weighted by Gasteiger charge is -2.20. The van der Waals surface area contributed by atoms with Crippen molar-refractivity contribution in [1.82, 2.24) is 20.1 Å². The minimum Gasteiger partial charge on any atom is -0.406 e. The highest BCUT2D eigenvalue weighted by Crippen LogP contribution is 2.41. The second-order valence-corrected chi connectivity index (χ2v) is 11.8. The number of ether oxygens (including phenoxy) is 1. The van der Waals surface area contributed by atoms with Gasteiger partial charge in [0.05, 0.1) is 17.1 Å². The maximum atomic E-state index is 12.9. The van der Waals surface area contributed by atoms with Crippen LogP contribution in [0.3, 0.4) is 0 Å². The fraction of sp³-hybridized carbons (Fsp3) is 0.281. The van der Waals surface area contributed by atoms with Gasteiger partial charge in [0.2, 0.25) is 5.91 Å². The van der Waals surface area contributed by atoms with Crippen LogP contribution < -0.4 is 15.0 Å². The Morgan fingerprint density at radius 1 is 1.11 bits per heavy atom. The summed E-state index contributed by atoms with van der Waals surface area (Å²) < 4.78 is 42.6. The summed E-state index contributed by atoms with van der Waals surface area (Å²) in [5.41, 5.74) is 5.21. The second kappa shape index (κ2) is 12.4. The van der Waals surface area contributed by atoms with Gasteiger partial charge in [0.25, 0.3) is 0 Å². The van der Waals surface area contributed by atoms with Gasteiger partial charge in [-0.15, -0.1) is 18.3 Å². The molecule has 1 aliphatic carbocycles. The topological polar surface area (TPSA) is 102 Å². The summed E-state index contributed by atoms with van der Waals surface area (Å²) in [6.07, 6.45) is -0.748. The van der Waals surface area contributed by atoms with Gasteiger partial charge in [0.1, 0.15) is 12.1 Å². The molecule has 2 unspecified atom stereocenters. The molecule has 2 heterocycles. The van der Waals surface area contributed by atoms with Crippen molar-refractivity contribution in [3.63, 3.8) is 0 Å². The molecule has 3 aromatic carbocycles. The predicted molar refractivity (Wildman–Crippen MR) is 166 cm³/mol. The standard InChI is InChI=1S/C32H29F3N6O3S/c1-3-4-21-6-5-19(2)15-27(21)41-28(42)17-45-31(41)38-30(43)37-26-16-25(26)20-7-9-22(10-8-20)29-36-18-40(39-29)23-11-13-24(14-12-23)44-32(33,34)35/h5-15,18,25-26H,3-4,16-17H2,1-2H3,(H,37,43). The van der Waals surface area contributed by atoms with Gasteiger partial charge in [-0.3, -0.25) is 9.69 Å². The molecular formula is C32H29F3N6O3S. The van der Waals surface area contributed by atoms with Crippen LogP contribution in [0.1, 0.15) is 42.4 Å². The van der Waals surface area contributed by atoms with Gasteiger partial charge in [-0.05, 0) is 66.8 Å². The van der Waals surface area contributed by atoms with Crippen molar-refractivity contribution in [2.45, 2.75) is 51.4 Å². The average molecular weight is 635 g/mol. The molecule has 2 fully saturated rings. The fourth-order valence-electron chi connectivity index (χ4n) is 5.24. The highest BCUT2D eigenvalue weighted by atomic mass is 32.2. The largest absolute Gasteiger partial charge is 0.573 e. The first-order chi connectivity index (χ1) is 21.6. The second-order valence-electron chi connectivity index (χ2n) is 10.9. The zero-order chi connectivity index (χ0) is 31.7. The SMILES string of the molecule is CCCc1ccc(C)cc1N1C(=O)CSC1=NC(=O)NC1CC1c1ccc(-c2ncn(-c3ccc(OC(F)(F)F)cc3)n2)cc1. The fourth-order valence-corrected chi connectivity index (χ4v) is 6.10. The first-order valence-electron chi connectivity index (χ1n) is 14.4. The Hall–Kier alpha value is -4.65. The molecule has 6 rings (SSSR count). The number of benzene rings is 3. The summed E-state index contributed by atoms with van der Waals surface area (Å²) in [5, 5.41) is 7.81. The van der Waals surface area contributed by atoms with Gasteiger partial charge in [0, 0.05) is 17.5 Å². The van der Waals surface area contributed by atoms with Gasteiger partial charge in [-0.25, -0.2) is 14.5 Å². The lowest BCUT2D eigenvalue weighted by atomic mass is 10.0. The van der Waals surface area contributed by atoms with Crippen LogP contribution in [0.15, 0.2) is 78.0 Å². The molecule has 1 aromatic heterocycles. The number of rotatable bonds is 8. The molecule has 3 amide bonds. The van der Waals surface area contributed by atoms with Crippen LogP contribution in [0.5, 0.6) is 5.75 Å². The molecule has 1 saturated carbocycles. The molecule has 0 bridgehead atoms. The number of nitrogens with one attached hydrogen (secondary N) is 1. The van der Waals surface area contributed by atoms with E-state index in [1.54, 1.807) is 4.90 Å². The Bertz CT molecular complexity index is 1760. The third-order valence-corrected chi connectivity index (χ3v) is 8.41. The number of aliphatic imine (C=N–C) groups is 1. The summed E-state index contributed by atoms with van der Waals surface area (Å²) in [7, 11) is 0. The lowest BCUT2D eigenvalue weighted by molar-refractivity contribution is -0.274. The summed E-state index contributed by atoms with van der Waals surface area (Å²) in [4.78, 5) is 35.9. The van der Waals surface area contributed by atoms with E-state index < -0.39 is 12.4 Å². The van der Waals surface area contributed by atoms with Crippen molar-refractivity contribution >= 4 is 34.6 Å². The summed E-state index contributed by atoms with van der Waals surface area (Å²) in [6.45, 7) is 4.06. The number of carbonyl (C=O) groups is 2. The molecule has 1 aliphatic heterocycles. The van der Waals surface area contributed by atoms with Crippen LogP contribution in [0.2, 0.25) is 0 Å². The first-order valence-corrected chi connectivity index (χ1v) is 15.4. The molecule has 1 N–H and O–H groups in total. The number of thioether (sulfide) groups is 1. The van der Waals surface area contributed by atoms with Crippen molar-refractivity contribution in [2.24, 2.45) is 4.99 Å². The number of urea groups is 1. The zero-order valence-corrected chi connectivity index (χ0v) is 25.2. The number of amides is 3. The summed E-state index contributed by atoms with van der Waals surface area (Å²) >= 11 is 1.27. The van der Waals surface area contributed by atoms with Crippen molar-refractivity contribution in [2.75, 3.05) is 10.7 Å². The number of halogens is 3. The molecule has 9 nitrogen and oxygen atoms in total. The number of aryl methyl sites for hydroxylation is 2. The number of carbonyl (C=O) groups excluding carboxylic acids is 2. The van der Waals surface area contributed by atoms with E-state index in [0.717, 1.165) is 47.2 Å².